The summed E-state index contributed by atoms with van der Waals surface area (Å²) in [5.41, 5.74) is 0.783. The maximum Gasteiger partial charge on any atom is -0.00165 e. The molecule has 2 saturated carbocycles. The normalized spacial score (nSPS) is 39.6. The van der Waals surface area contributed by atoms with Crippen LogP contribution < -0.4 is 0 Å². The van der Waals surface area contributed by atoms with Crippen LogP contribution in [0.4, 0.5) is 0 Å². The van der Waals surface area contributed by atoms with Gasteiger partial charge in [0.15, 0.2) is 0 Å². The lowest BCUT2D eigenvalue weighted by Crippen LogP contribution is -2.43. The number of rotatable bonds is 0. The number of hydrogen-bond acceptors (Lipinski definition) is 1. The summed E-state index contributed by atoms with van der Waals surface area (Å²) >= 11 is 0. The van der Waals surface area contributed by atoms with E-state index in [1.165, 1.54) is 38.8 Å². The van der Waals surface area contributed by atoms with Crippen molar-refractivity contribution >= 4 is 0 Å². The second-order valence-corrected chi connectivity index (χ2v) is 6.85. The van der Waals surface area contributed by atoms with Crippen molar-refractivity contribution in [2.75, 3.05) is 20.1 Å². The highest BCUT2D eigenvalue weighted by Crippen LogP contribution is 2.52. The van der Waals surface area contributed by atoms with Crippen molar-refractivity contribution in [1.29, 1.82) is 0 Å². The van der Waals surface area contributed by atoms with Crippen molar-refractivity contribution in [2.45, 2.75) is 57.8 Å². The third kappa shape index (κ3) is 2.03. The summed E-state index contributed by atoms with van der Waals surface area (Å²) in [7, 11) is 2.29. The second-order valence-electron chi connectivity index (χ2n) is 6.85. The molecule has 1 heteroatoms. The van der Waals surface area contributed by atoms with Crippen LogP contribution in [-0.2, 0) is 0 Å². The Morgan fingerprint density at radius 1 is 0.875 bits per heavy atom. The minimum atomic E-state index is 0.783. The number of nitrogens with zero attached hydrogens (tertiary/aromatic N) is 1. The molecule has 0 aromatic heterocycles. The van der Waals surface area contributed by atoms with Crippen LogP contribution in [0, 0.1) is 17.3 Å². The molecule has 2 aliphatic carbocycles. The van der Waals surface area contributed by atoms with E-state index in [0.717, 1.165) is 17.3 Å². The highest BCUT2D eigenvalue weighted by molar-refractivity contribution is 4.94. The van der Waals surface area contributed by atoms with E-state index in [9.17, 15) is 0 Å². The van der Waals surface area contributed by atoms with Crippen LogP contribution in [-0.4, -0.2) is 25.0 Å². The molecule has 92 valence electrons. The zero-order chi connectivity index (χ0) is 11.0. The Bertz CT molecular complexity index is 240. The van der Waals surface area contributed by atoms with Crippen molar-refractivity contribution in [3.63, 3.8) is 0 Å². The van der Waals surface area contributed by atoms with Crippen LogP contribution in [0.15, 0.2) is 0 Å². The van der Waals surface area contributed by atoms with Gasteiger partial charge in [-0.1, -0.05) is 25.7 Å². The molecule has 3 aliphatic rings. The number of hydrogen-bond donors (Lipinski definition) is 0. The summed E-state index contributed by atoms with van der Waals surface area (Å²) in [5, 5.41) is 0. The molecule has 2 atom stereocenters. The van der Waals surface area contributed by atoms with Gasteiger partial charge in [-0.2, -0.15) is 0 Å². The predicted octanol–water partition coefficient (Wildman–Crippen LogP) is 3.69. The van der Waals surface area contributed by atoms with Crippen LogP contribution in [0.2, 0.25) is 0 Å². The van der Waals surface area contributed by atoms with E-state index in [1.54, 1.807) is 32.1 Å². The molecule has 3 fully saturated rings. The third-order valence-corrected chi connectivity index (χ3v) is 5.85. The molecular formula is C15H27N. The van der Waals surface area contributed by atoms with E-state index < -0.39 is 0 Å². The lowest BCUT2D eigenvalue weighted by molar-refractivity contribution is 0.0121. The lowest BCUT2D eigenvalue weighted by atomic mass is 9.58. The van der Waals surface area contributed by atoms with Gasteiger partial charge >= 0.3 is 0 Å². The molecule has 0 aromatic rings. The fraction of sp³-hybridized carbons (Fsp3) is 1.00. The zero-order valence-corrected chi connectivity index (χ0v) is 10.9. The van der Waals surface area contributed by atoms with Gasteiger partial charge in [0.1, 0.15) is 0 Å². The molecule has 1 heterocycles. The Kier molecular flexibility index (Phi) is 2.99. The number of fused-ring (bicyclic) bond motifs is 1. The maximum atomic E-state index is 2.53. The van der Waals surface area contributed by atoms with Gasteiger partial charge in [-0.3, -0.25) is 0 Å². The average Bonchev–Trinajstić information content (AvgIpc) is 2.33. The van der Waals surface area contributed by atoms with Crippen LogP contribution >= 0.6 is 0 Å². The van der Waals surface area contributed by atoms with Crippen molar-refractivity contribution in [3.05, 3.63) is 0 Å². The molecule has 1 nitrogen and oxygen atoms in total. The molecule has 0 aromatic carbocycles. The van der Waals surface area contributed by atoms with Gasteiger partial charge in [-0.05, 0) is 69.5 Å². The van der Waals surface area contributed by atoms with Crippen LogP contribution in [0.1, 0.15) is 57.8 Å². The van der Waals surface area contributed by atoms with Gasteiger partial charge in [0.25, 0.3) is 0 Å². The Morgan fingerprint density at radius 3 is 2.31 bits per heavy atom. The molecule has 0 radical (unpaired) electrons. The number of likely N-dealkylation sites (tertiary alicyclic amines) is 1. The van der Waals surface area contributed by atoms with E-state index in [0.29, 0.717) is 0 Å². The van der Waals surface area contributed by atoms with Crippen LogP contribution in [0.25, 0.3) is 0 Å². The summed E-state index contributed by atoms with van der Waals surface area (Å²) in [4.78, 5) is 2.53. The first kappa shape index (κ1) is 11.1. The monoisotopic (exact) mass is 221 g/mol. The van der Waals surface area contributed by atoms with Gasteiger partial charge in [0.2, 0.25) is 0 Å². The molecule has 1 saturated heterocycles. The summed E-state index contributed by atoms with van der Waals surface area (Å²) in [6.45, 7) is 2.72. The maximum absolute atomic E-state index is 2.53. The molecule has 3 rings (SSSR count). The summed E-state index contributed by atoms with van der Waals surface area (Å²) in [6, 6.07) is 0. The predicted molar refractivity (Wildman–Crippen MR) is 68.5 cm³/mol. The summed E-state index contributed by atoms with van der Waals surface area (Å²) < 4.78 is 0. The highest BCUT2D eigenvalue weighted by atomic mass is 15.1. The van der Waals surface area contributed by atoms with Gasteiger partial charge in [-0.15, -0.1) is 0 Å². The van der Waals surface area contributed by atoms with Gasteiger partial charge in [0, 0.05) is 0 Å². The first-order chi connectivity index (χ1) is 7.77. The molecular weight excluding hydrogens is 194 g/mol. The second kappa shape index (κ2) is 4.33. The highest BCUT2D eigenvalue weighted by Gasteiger charge is 2.42. The van der Waals surface area contributed by atoms with Crippen LogP contribution in [0.5, 0.6) is 0 Å². The van der Waals surface area contributed by atoms with Crippen molar-refractivity contribution in [3.8, 4) is 0 Å². The van der Waals surface area contributed by atoms with Gasteiger partial charge < -0.3 is 4.90 Å². The van der Waals surface area contributed by atoms with Crippen molar-refractivity contribution < 1.29 is 0 Å². The van der Waals surface area contributed by atoms with Crippen LogP contribution in [0.3, 0.4) is 0 Å². The minimum absolute atomic E-state index is 0.783. The van der Waals surface area contributed by atoms with E-state index >= 15 is 0 Å². The minimum Gasteiger partial charge on any atom is -0.306 e. The molecule has 16 heavy (non-hydrogen) atoms. The summed E-state index contributed by atoms with van der Waals surface area (Å²) in [6.07, 6.45) is 13.9. The zero-order valence-electron chi connectivity index (χ0n) is 10.9. The Labute approximate surface area is 101 Å². The quantitative estimate of drug-likeness (QED) is 0.603. The standard InChI is InChI=1S/C15H27N/c1-16-10-8-15(9-11-16)7-6-13-4-2-3-5-14(13)12-15/h13-14H,2-12H2,1H3/t13-,14-/m1/s1. The molecule has 0 N–H and O–H groups in total. The topological polar surface area (TPSA) is 3.24 Å². The molecule has 0 unspecified atom stereocenters. The van der Waals surface area contributed by atoms with Gasteiger partial charge in [-0.25, -0.2) is 0 Å². The Hall–Kier alpha value is -0.0400. The first-order valence-corrected chi connectivity index (χ1v) is 7.46. The average molecular weight is 221 g/mol. The molecule has 1 spiro atoms. The van der Waals surface area contributed by atoms with E-state index in [4.69, 9.17) is 0 Å². The molecule has 0 bridgehead atoms. The number of piperidine rings is 1. The van der Waals surface area contributed by atoms with E-state index in [2.05, 4.69) is 11.9 Å². The molecule has 1 aliphatic heterocycles. The Morgan fingerprint density at radius 2 is 1.56 bits per heavy atom. The fourth-order valence-electron chi connectivity index (χ4n) is 4.63. The third-order valence-electron chi connectivity index (χ3n) is 5.85. The van der Waals surface area contributed by atoms with Crippen molar-refractivity contribution in [1.82, 2.24) is 4.90 Å². The van der Waals surface area contributed by atoms with Gasteiger partial charge in [0.05, 0.1) is 0 Å². The fourth-order valence-corrected chi connectivity index (χ4v) is 4.63. The molecule has 0 amide bonds. The lowest BCUT2D eigenvalue weighted by Gasteiger charge is -2.50. The first-order valence-electron chi connectivity index (χ1n) is 7.46. The Balaban J connectivity index is 1.65. The van der Waals surface area contributed by atoms with Crippen molar-refractivity contribution in [2.24, 2.45) is 17.3 Å². The summed E-state index contributed by atoms with van der Waals surface area (Å²) in [5.74, 6) is 2.24. The SMILES string of the molecule is CN1CCC2(CC[C@H]3CCCC[C@@H]3C2)CC1. The van der Waals surface area contributed by atoms with E-state index in [1.807, 2.05) is 0 Å². The smallest absolute Gasteiger partial charge is 0.00165 e. The van der Waals surface area contributed by atoms with E-state index in [-0.39, 0.29) is 0 Å². The largest absolute Gasteiger partial charge is 0.306 e.